The minimum Gasteiger partial charge on any atom is -0.492 e. The van der Waals surface area contributed by atoms with E-state index in [-0.39, 0.29) is 11.9 Å². The van der Waals surface area contributed by atoms with Gasteiger partial charge in [0.05, 0.1) is 11.6 Å². The zero-order valence-corrected chi connectivity index (χ0v) is 13.2. The molecule has 0 spiro atoms. The smallest absolute Gasteiger partial charge is 0.138 e. The van der Waals surface area contributed by atoms with Crippen LogP contribution in [-0.4, -0.2) is 6.61 Å². The topological polar surface area (TPSA) is 21.3 Å². The molecule has 1 atom stereocenters. The Hall–Kier alpha value is -1.74. The fourth-order valence-electron chi connectivity index (χ4n) is 2.07. The normalized spacial score (nSPS) is 12.0. The van der Waals surface area contributed by atoms with Crippen LogP contribution in [0, 0.1) is 12.7 Å². The van der Waals surface area contributed by atoms with Crippen LogP contribution in [0.15, 0.2) is 36.4 Å². The molecule has 0 heterocycles. The van der Waals surface area contributed by atoms with Crippen molar-refractivity contribution < 1.29 is 9.13 Å². The minimum atomic E-state index is -0.189. The van der Waals surface area contributed by atoms with Crippen molar-refractivity contribution in [3.8, 4) is 5.75 Å². The van der Waals surface area contributed by atoms with Gasteiger partial charge in [0, 0.05) is 11.7 Å². The molecule has 0 aromatic heterocycles. The van der Waals surface area contributed by atoms with Gasteiger partial charge in [0.15, 0.2) is 0 Å². The number of anilines is 1. The maximum atomic E-state index is 13.6. The van der Waals surface area contributed by atoms with Gasteiger partial charge in [-0.25, -0.2) is 4.39 Å². The van der Waals surface area contributed by atoms with Crippen molar-refractivity contribution in [3.05, 3.63) is 58.4 Å². The van der Waals surface area contributed by atoms with E-state index in [9.17, 15) is 4.39 Å². The first kappa shape index (κ1) is 15.6. The van der Waals surface area contributed by atoms with Gasteiger partial charge in [-0.1, -0.05) is 23.7 Å². The molecule has 2 nitrogen and oxygen atoms in total. The molecule has 21 heavy (non-hydrogen) atoms. The fourth-order valence-corrected chi connectivity index (χ4v) is 2.31. The molecule has 0 aliphatic rings. The molecule has 0 bridgehead atoms. The summed E-state index contributed by atoms with van der Waals surface area (Å²) in [6.07, 6.45) is 0. The largest absolute Gasteiger partial charge is 0.492 e. The zero-order valence-electron chi connectivity index (χ0n) is 12.4. The van der Waals surface area contributed by atoms with Crippen LogP contribution in [0.4, 0.5) is 10.1 Å². The second-order valence-electron chi connectivity index (χ2n) is 4.95. The Balaban J connectivity index is 2.13. The van der Waals surface area contributed by atoms with Crippen LogP contribution in [0.3, 0.4) is 0 Å². The van der Waals surface area contributed by atoms with Crippen molar-refractivity contribution in [2.24, 2.45) is 0 Å². The standard InChI is InChI=1S/C17H19ClFNO/c1-4-21-17-8-7-14(10-15(17)18)20-12(3)13-6-5-11(2)16(19)9-13/h5-10,12,20H,4H2,1-3H3. The molecule has 4 heteroatoms. The predicted octanol–water partition coefficient (Wildman–Crippen LogP) is 5.36. The number of hydrogen-bond donors (Lipinski definition) is 1. The maximum Gasteiger partial charge on any atom is 0.138 e. The van der Waals surface area contributed by atoms with E-state index in [1.807, 2.05) is 38.1 Å². The lowest BCUT2D eigenvalue weighted by Gasteiger charge is -2.17. The van der Waals surface area contributed by atoms with E-state index in [0.717, 1.165) is 11.3 Å². The Labute approximate surface area is 129 Å². The first-order valence-corrected chi connectivity index (χ1v) is 7.34. The van der Waals surface area contributed by atoms with Gasteiger partial charge in [0.2, 0.25) is 0 Å². The van der Waals surface area contributed by atoms with E-state index in [1.165, 1.54) is 0 Å². The molecule has 1 unspecified atom stereocenters. The second kappa shape index (κ2) is 6.81. The number of halogens is 2. The van der Waals surface area contributed by atoms with Crippen molar-refractivity contribution in [3.63, 3.8) is 0 Å². The first-order valence-electron chi connectivity index (χ1n) is 6.96. The van der Waals surface area contributed by atoms with Gasteiger partial charge in [0.25, 0.3) is 0 Å². The number of ether oxygens (including phenoxy) is 1. The molecule has 0 aliphatic heterocycles. The molecular weight excluding hydrogens is 289 g/mol. The third-order valence-corrected chi connectivity index (χ3v) is 3.61. The molecule has 112 valence electrons. The van der Waals surface area contributed by atoms with Gasteiger partial charge < -0.3 is 10.1 Å². The average Bonchev–Trinajstić information content (AvgIpc) is 2.45. The molecule has 0 fully saturated rings. The average molecular weight is 308 g/mol. The minimum absolute atomic E-state index is 0.0193. The van der Waals surface area contributed by atoms with Gasteiger partial charge in [0.1, 0.15) is 11.6 Å². The van der Waals surface area contributed by atoms with Gasteiger partial charge in [-0.15, -0.1) is 0 Å². The fraction of sp³-hybridized carbons (Fsp3) is 0.294. The van der Waals surface area contributed by atoms with Gasteiger partial charge >= 0.3 is 0 Å². The summed E-state index contributed by atoms with van der Waals surface area (Å²) in [7, 11) is 0. The molecule has 2 aromatic rings. The van der Waals surface area contributed by atoms with E-state index >= 15 is 0 Å². The zero-order chi connectivity index (χ0) is 15.4. The molecule has 0 saturated carbocycles. The molecular formula is C17H19ClFNO. The van der Waals surface area contributed by atoms with Crippen LogP contribution in [0.1, 0.15) is 31.0 Å². The highest BCUT2D eigenvalue weighted by molar-refractivity contribution is 6.32. The first-order chi connectivity index (χ1) is 10.0. The van der Waals surface area contributed by atoms with E-state index in [1.54, 1.807) is 19.1 Å². The van der Waals surface area contributed by atoms with Crippen LogP contribution in [0.25, 0.3) is 0 Å². The molecule has 1 N–H and O–H groups in total. The number of benzene rings is 2. The third-order valence-electron chi connectivity index (χ3n) is 3.31. The summed E-state index contributed by atoms with van der Waals surface area (Å²) >= 11 is 6.16. The number of aryl methyl sites for hydroxylation is 1. The molecule has 0 amide bonds. The summed E-state index contributed by atoms with van der Waals surface area (Å²) in [6.45, 7) is 6.22. The van der Waals surface area contributed by atoms with Crippen molar-refractivity contribution in [1.82, 2.24) is 0 Å². The second-order valence-corrected chi connectivity index (χ2v) is 5.36. The Morgan fingerprint density at radius 1 is 1.24 bits per heavy atom. The Morgan fingerprint density at radius 3 is 2.62 bits per heavy atom. The molecule has 2 rings (SSSR count). The summed E-state index contributed by atoms with van der Waals surface area (Å²) < 4.78 is 19.0. The van der Waals surface area contributed by atoms with Crippen molar-refractivity contribution in [1.29, 1.82) is 0 Å². The number of hydrogen-bond acceptors (Lipinski definition) is 2. The Kier molecular flexibility index (Phi) is 5.07. The summed E-state index contributed by atoms with van der Waals surface area (Å²) in [4.78, 5) is 0. The predicted molar refractivity (Wildman–Crippen MR) is 85.8 cm³/mol. The lowest BCUT2D eigenvalue weighted by molar-refractivity contribution is 0.340. The molecule has 2 aromatic carbocycles. The molecule has 0 aliphatic carbocycles. The van der Waals surface area contributed by atoms with Crippen molar-refractivity contribution >= 4 is 17.3 Å². The Bertz CT molecular complexity index is 630. The quantitative estimate of drug-likeness (QED) is 0.803. The Morgan fingerprint density at radius 2 is 2.00 bits per heavy atom. The van der Waals surface area contributed by atoms with Gasteiger partial charge in [-0.2, -0.15) is 0 Å². The molecule has 0 radical (unpaired) electrons. The summed E-state index contributed by atoms with van der Waals surface area (Å²) in [5.74, 6) is 0.477. The summed E-state index contributed by atoms with van der Waals surface area (Å²) in [5.41, 5.74) is 2.41. The SMILES string of the molecule is CCOc1ccc(NC(C)c2ccc(C)c(F)c2)cc1Cl. The van der Waals surface area contributed by atoms with Crippen LogP contribution in [-0.2, 0) is 0 Å². The van der Waals surface area contributed by atoms with Crippen LogP contribution < -0.4 is 10.1 Å². The highest BCUT2D eigenvalue weighted by atomic mass is 35.5. The lowest BCUT2D eigenvalue weighted by atomic mass is 10.1. The van der Waals surface area contributed by atoms with Crippen LogP contribution in [0.5, 0.6) is 5.75 Å². The van der Waals surface area contributed by atoms with E-state index < -0.39 is 0 Å². The van der Waals surface area contributed by atoms with Crippen molar-refractivity contribution in [2.45, 2.75) is 26.8 Å². The van der Waals surface area contributed by atoms with E-state index in [0.29, 0.717) is 22.9 Å². The number of rotatable bonds is 5. The van der Waals surface area contributed by atoms with Crippen LogP contribution >= 0.6 is 11.6 Å². The van der Waals surface area contributed by atoms with E-state index in [2.05, 4.69) is 5.32 Å². The third kappa shape index (κ3) is 3.88. The number of nitrogens with one attached hydrogen (secondary N) is 1. The van der Waals surface area contributed by atoms with Gasteiger partial charge in [-0.3, -0.25) is 0 Å². The maximum absolute atomic E-state index is 13.6. The lowest BCUT2D eigenvalue weighted by Crippen LogP contribution is -2.07. The van der Waals surface area contributed by atoms with Crippen LogP contribution in [0.2, 0.25) is 5.02 Å². The van der Waals surface area contributed by atoms with Crippen molar-refractivity contribution in [2.75, 3.05) is 11.9 Å². The highest BCUT2D eigenvalue weighted by Gasteiger charge is 2.09. The summed E-state index contributed by atoms with van der Waals surface area (Å²) in [5, 5.41) is 3.87. The summed E-state index contributed by atoms with van der Waals surface area (Å²) in [6, 6.07) is 10.8. The van der Waals surface area contributed by atoms with Gasteiger partial charge in [-0.05, 0) is 56.2 Å². The monoisotopic (exact) mass is 307 g/mol. The molecule has 0 saturated heterocycles. The van der Waals surface area contributed by atoms with E-state index in [4.69, 9.17) is 16.3 Å². The highest BCUT2D eigenvalue weighted by Crippen LogP contribution is 2.29.